The van der Waals surface area contributed by atoms with E-state index in [1.165, 1.54) is 17.1 Å². The average molecular weight is 456 g/mol. The second-order valence-electron chi connectivity index (χ2n) is 7.63. The summed E-state index contributed by atoms with van der Waals surface area (Å²) in [6.07, 6.45) is 1.74. The van der Waals surface area contributed by atoms with Crippen LogP contribution in [0.25, 0.3) is 6.08 Å². The number of nitrogens with zero attached hydrogens (tertiary/aromatic N) is 2. The molecule has 0 unspecified atom stereocenters. The molecule has 0 aromatic heterocycles. The molecule has 3 aromatic rings. The molecule has 0 aliphatic carbocycles. The van der Waals surface area contributed by atoms with Gasteiger partial charge in [0, 0.05) is 0 Å². The number of hydrogen-bond acceptors (Lipinski definition) is 5. The van der Waals surface area contributed by atoms with E-state index in [0.717, 1.165) is 11.1 Å². The predicted octanol–water partition coefficient (Wildman–Crippen LogP) is 5.17. The Balaban J connectivity index is 1.57. The van der Waals surface area contributed by atoms with E-state index >= 15 is 0 Å². The van der Waals surface area contributed by atoms with Gasteiger partial charge in [-0.25, -0.2) is 4.79 Å². The summed E-state index contributed by atoms with van der Waals surface area (Å²) < 4.78 is 11.7. The van der Waals surface area contributed by atoms with Gasteiger partial charge in [-0.3, -0.25) is 4.79 Å². The van der Waals surface area contributed by atoms with Crippen LogP contribution in [0.15, 0.2) is 83.5 Å². The number of carboxylic acid groups (broad SMARTS) is 1. The highest BCUT2D eigenvalue weighted by atomic mass is 16.5. The molecule has 4 rings (SSSR count). The monoisotopic (exact) mass is 456 g/mol. The van der Waals surface area contributed by atoms with Gasteiger partial charge in [0.25, 0.3) is 5.91 Å². The molecule has 7 heteroatoms. The summed E-state index contributed by atoms with van der Waals surface area (Å²) in [5, 5.41) is 14.8. The molecule has 1 aliphatic rings. The molecular formula is C27H24N2O5. The number of amides is 1. The van der Waals surface area contributed by atoms with Crippen LogP contribution in [0.3, 0.4) is 0 Å². The van der Waals surface area contributed by atoms with Gasteiger partial charge in [-0.05, 0) is 61.4 Å². The van der Waals surface area contributed by atoms with Gasteiger partial charge in [-0.2, -0.15) is 10.1 Å². The number of anilines is 1. The third-order valence-electron chi connectivity index (χ3n) is 5.22. The summed E-state index contributed by atoms with van der Waals surface area (Å²) in [6, 6.07) is 21.5. The number of hydrazone groups is 1. The Morgan fingerprint density at radius 1 is 1.00 bits per heavy atom. The molecule has 1 N–H and O–H groups in total. The van der Waals surface area contributed by atoms with Gasteiger partial charge in [0.05, 0.1) is 29.1 Å². The van der Waals surface area contributed by atoms with Crippen LogP contribution in [0.4, 0.5) is 5.69 Å². The fraction of sp³-hybridized carbons (Fsp3) is 0.148. The molecule has 1 aliphatic heterocycles. The lowest BCUT2D eigenvalue weighted by Gasteiger charge is -2.13. The number of ether oxygens (including phenoxy) is 2. The van der Waals surface area contributed by atoms with Crippen molar-refractivity contribution in [2.24, 2.45) is 5.10 Å². The lowest BCUT2D eigenvalue weighted by Crippen LogP contribution is -2.21. The van der Waals surface area contributed by atoms with Gasteiger partial charge < -0.3 is 14.6 Å². The van der Waals surface area contributed by atoms with Crippen molar-refractivity contribution in [1.29, 1.82) is 0 Å². The molecule has 1 amide bonds. The van der Waals surface area contributed by atoms with E-state index in [-0.39, 0.29) is 11.5 Å². The van der Waals surface area contributed by atoms with Crippen molar-refractivity contribution >= 4 is 29.4 Å². The Labute approximate surface area is 197 Å². The normalized spacial score (nSPS) is 14.3. The van der Waals surface area contributed by atoms with Crippen molar-refractivity contribution in [3.05, 3.63) is 95.1 Å². The van der Waals surface area contributed by atoms with Crippen molar-refractivity contribution in [3.8, 4) is 11.5 Å². The molecule has 7 nitrogen and oxygen atoms in total. The maximum atomic E-state index is 13.1. The Morgan fingerprint density at radius 3 is 2.53 bits per heavy atom. The first kappa shape index (κ1) is 22.8. The van der Waals surface area contributed by atoms with Crippen molar-refractivity contribution in [1.82, 2.24) is 0 Å². The first-order chi connectivity index (χ1) is 16.5. The molecule has 34 heavy (non-hydrogen) atoms. The lowest BCUT2D eigenvalue weighted by atomic mass is 10.1. The Bertz CT molecular complexity index is 1280. The molecular weight excluding hydrogens is 432 g/mol. The van der Waals surface area contributed by atoms with Gasteiger partial charge >= 0.3 is 5.97 Å². The summed E-state index contributed by atoms with van der Waals surface area (Å²) in [4.78, 5) is 24.4. The van der Waals surface area contributed by atoms with E-state index in [2.05, 4.69) is 5.10 Å². The average Bonchev–Trinajstić information content (AvgIpc) is 3.13. The highest BCUT2D eigenvalue weighted by Gasteiger charge is 2.29. The Hall–Kier alpha value is -4.39. The SMILES string of the molecule is CCOc1cc(/C=C2\C(=O)N(c3cccc(C(=O)O)c3)N=C2C)ccc1OCc1ccccc1. The third kappa shape index (κ3) is 4.99. The summed E-state index contributed by atoms with van der Waals surface area (Å²) in [5.74, 6) is -0.202. The zero-order chi connectivity index (χ0) is 24.1. The first-order valence-electron chi connectivity index (χ1n) is 10.8. The minimum atomic E-state index is -1.07. The summed E-state index contributed by atoms with van der Waals surface area (Å²) in [5.41, 5.74) is 3.24. The second-order valence-corrected chi connectivity index (χ2v) is 7.63. The van der Waals surface area contributed by atoms with Crippen LogP contribution in [-0.2, 0) is 11.4 Å². The van der Waals surface area contributed by atoms with Crippen LogP contribution in [0.2, 0.25) is 0 Å². The number of rotatable bonds is 8. The largest absolute Gasteiger partial charge is 0.490 e. The number of hydrogen-bond donors (Lipinski definition) is 1. The Kier molecular flexibility index (Phi) is 6.73. The minimum Gasteiger partial charge on any atom is -0.490 e. The van der Waals surface area contributed by atoms with Gasteiger partial charge in [0.2, 0.25) is 0 Å². The predicted molar refractivity (Wildman–Crippen MR) is 130 cm³/mol. The van der Waals surface area contributed by atoms with Crippen LogP contribution in [0, 0.1) is 0 Å². The minimum absolute atomic E-state index is 0.0861. The molecule has 3 aromatic carbocycles. The van der Waals surface area contributed by atoms with E-state index in [1.54, 1.807) is 25.1 Å². The molecule has 0 spiro atoms. The molecule has 1 heterocycles. The smallest absolute Gasteiger partial charge is 0.335 e. The van der Waals surface area contributed by atoms with E-state index in [1.807, 2.05) is 55.5 Å². The molecule has 0 fully saturated rings. The second kappa shape index (κ2) is 10.0. The number of benzene rings is 3. The van der Waals surface area contributed by atoms with Crippen molar-refractivity contribution in [3.63, 3.8) is 0 Å². The van der Waals surface area contributed by atoms with E-state index in [0.29, 0.717) is 41.7 Å². The number of carboxylic acids is 1. The van der Waals surface area contributed by atoms with E-state index in [9.17, 15) is 14.7 Å². The fourth-order valence-electron chi connectivity index (χ4n) is 3.53. The zero-order valence-corrected chi connectivity index (χ0v) is 18.9. The van der Waals surface area contributed by atoms with E-state index in [4.69, 9.17) is 9.47 Å². The van der Waals surface area contributed by atoms with Crippen LogP contribution in [0.5, 0.6) is 11.5 Å². The molecule has 0 atom stereocenters. The number of carbonyl (C=O) groups is 2. The third-order valence-corrected chi connectivity index (χ3v) is 5.22. The van der Waals surface area contributed by atoms with Crippen molar-refractivity contribution in [2.45, 2.75) is 20.5 Å². The summed E-state index contributed by atoms with van der Waals surface area (Å²) in [7, 11) is 0. The summed E-state index contributed by atoms with van der Waals surface area (Å²) in [6.45, 7) is 4.52. The van der Waals surface area contributed by atoms with Gasteiger partial charge in [0.15, 0.2) is 11.5 Å². The Morgan fingerprint density at radius 2 is 1.79 bits per heavy atom. The van der Waals surface area contributed by atoms with Crippen molar-refractivity contribution < 1.29 is 24.2 Å². The van der Waals surface area contributed by atoms with Gasteiger partial charge in [-0.1, -0.05) is 42.5 Å². The maximum absolute atomic E-state index is 13.1. The highest BCUT2D eigenvalue weighted by molar-refractivity contribution is 6.32. The fourth-order valence-corrected chi connectivity index (χ4v) is 3.53. The number of carbonyl (C=O) groups excluding carboxylic acids is 1. The van der Waals surface area contributed by atoms with Gasteiger partial charge in [-0.15, -0.1) is 0 Å². The highest BCUT2D eigenvalue weighted by Crippen LogP contribution is 2.31. The van der Waals surface area contributed by atoms with Crippen LogP contribution >= 0.6 is 0 Å². The zero-order valence-electron chi connectivity index (χ0n) is 18.9. The van der Waals surface area contributed by atoms with E-state index < -0.39 is 5.97 Å². The molecule has 0 saturated heterocycles. The molecule has 0 saturated carbocycles. The van der Waals surface area contributed by atoms with Crippen LogP contribution in [-0.4, -0.2) is 29.3 Å². The van der Waals surface area contributed by atoms with Crippen molar-refractivity contribution in [2.75, 3.05) is 11.6 Å². The molecule has 0 radical (unpaired) electrons. The standard InChI is InChI=1S/C27H24N2O5/c1-3-33-25-15-20(12-13-24(25)34-17-19-8-5-4-6-9-19)14-23-18(2)28-29(26(23)30)22-11-7-10-21(16-22)27(31)32/h4-16H,3,17H2,1-2H3,(H,31,32)/b23-14-. The maximum Gasteiger partial charge on any atom is 0.335 e. The summed E-state index contributed by atoms with van der Waals surface area (Å²) >= 11 is 0. The van der Waals surface area contributed by atoms with Gasteiger partial charge in [0.1, 0.15) is 6.61 Å². The molecule has 0 bridgehead atoms. The van der Waals surface area contributed by atoms with Crippen LogP contribution in [0.1, 0.15) is 35.3 Å². The van der Waals surface area contributed by atoms with Crippen LogP contribution < -0.4 is 14.5 Å². The number of aromatic carboxylic acids is 1. The quantitative estimate of drug-likeness (QED) is 0.473. The first-order valence-corrected chi connectivity index (χ1v) is 10.8. The topological polar surface area (TPSA) is 88.4 Å². The molecule has 172 valence electrons. The lowest BCUT2D eigenvalue weighted by molar-refractivity contribution is -0.114.